The summed E-state index contributed by atoms with van der Waals surface area (Å²) in [6, 6.07) is 6.61. The van der Waals surface area contributed by atoms with E-state index in [0.29, 0.717) is 43.6 Å². The van der Waals surface area contributed by atoms with Gasteiger partial charge in [-0.3, -0.25) is 9.59 Å². The molecule has 0 aliphatic carbocycles. The summed E-state index contributed by atoms with van der Waals surface area (Å²) < 4.78 is 10.4. The van der Waals surface area contributed by atoms with Crippen molar-refractivity contribution in [3.63, 3.8) is 0 Å². The summed E-state index contributed by atoms with van der Waals surface area (Å²) in [5.74, 6) is 0.673. The lowest BCUT2D eigenvalue weighted by atomic mass is 10.1. The summed E-state index contributed by atoms with van der Waals surface area (Å²) in [6.45, 7) is 5.32. The largest absolute Gasteiger partial charge is 0.427 e. The Morgan fingerprint density at radius 3 is 2.57 bits per heavy atom. The van der Waals surface area contributed by atoms with Gasteiger partial charge in [0.15, 0.2) is 0 Å². The maximum Gasteiger partial charge on any atom is 0.308 e. The minimum Gasteiger partial charge on any atom is -0.427 e. The maximum atomic E-state index is 12.9. The molecule has 1 amide bonds. The molecule has 2 aromatic rings. The van der Waals surface area contributed by atoms with E-state index in [2.05, 4.69) is 9.88 Å². The van der Waals surface area contributed by atoms with Gasteiger partial charge >= 0.3 is 5.97 Å². The number of rotatable bonds is 3. The smallest absolute Gasteiger partial charge is 0.308 e. The lowest BCUT2D eigenvalue weighted by molar-refractivity contribution is -0.131. The van der Waals surface area contributed by atoms with Gasteiger partial charge in [-0.2, -0.15) is 0 Å². The van der Waals surface area contributed by atoms with E-state index in [1.807, 2.05) is 6.20 Å². The molecule has 0 radical (unpaired) electrons. The molecule has 8 nitrogen and oxygen atoms in total. The van der Waals surface area contributed by atoms with Crippen LogP contribution < -0.4 is 9.64 Å². The normalized spacial score (nSPS) is 16.5. The van der Waals surface area contributed by atoms with E-state index < -0.39 is 0 Å². The Bertz CT molecular complexity index is 878. The molecule has 0 N–H and O–H groups in total. The van der Waals surface area contributed by atoms with Gasteiger partial charge in [0.2, 0.25) is 5.95 Å². The molecular formula is C20H22N4O4. The molecule has 2 aliphatic rings. The van der Waals surface area contributed by atoms with E-state index >= 15 is 0 Å². The summed E-state index contributed by atoms with van der Waals surface area (Å²) in [5, 5.41) is 0. The molecule has 146 valence electrons. The van der Waals surface area contributed by atoms with E-state index in [4.69, 9.17) is 14.5 Å². The number of fused-ring (bicyclic) bond motifs is 1. The number of aromatic nitrogens is 2. The summed E-state index contributed by atoms with van der Waals surface area (Å²) in [7, 11) is 0. The number of amides is 1. The lowest BCUT2D eigenvalue weighted by Crippen LogP contribution is -2.39. The van der Waals surface area contributed by atoms with Crippen molar-refractivity contribution in [3.05, 3.63) is 47.3 Å². The van der Waals surface area contributed by atoms with Crippen LogP contribution in [0, 0.1) is 0 Å². The van der Waals surface area contributed by atoms with Gasteiger partial charge in [-0.15, -0.1) is 0 Å². The molecule has 0 atom stereocenters. The SMILES string of the molecule is CC(=O)Oc1ccc(C(=O)N2CCc3cnc(N4CCOCC4)nc3C2)cc1. The van der Waals surface area contributed by atoms with Crippen LogP contribution in [0.4, 0.5) is 5.95 Å². The fourth-order valence-corrected chi connectivity index (χ4v) is 3.40. The fraction of sp³-hybridized carbons (Fsp3) is 0.400. The Morgan fingerprint density at radius 2 is 1.86 bits per heavy atom. The molecule has 0 unspecified atom stereocenters. The van der Waals surface area contributed by atoms with Gasteiger partial charge in [0.1, 0.15) is 5.75 Å². The highest BCUT2D eigenvalue weighted by Gasteiger charge is 2.24. The number of benzene rings is 1. The molecule has 0 spiro atoms. The van der Waals surface area contributed by atoms with Crippen molar-refractivity contribution in [2.75, 3.05) is 37.7 Å². The monoisotopic (exact) mass is 382 g/mol. The molecule has 1 aromatic heterocycles. The molecule has 0 saturated carbocycles. The van der Waals surface area contributed by atoms with Crippen LogP contribution in [0.2, 0.25) is 0 Å². The van der Waals surface area contributed by atoms with Gasteiger partial charge in [-0.1, -0.05) is 0 Å². The van der Waals surface area contributed by atoms with Crippen molar-refractivity contribution < 1.29 is 19.1 Å². The van der Waals surface area contributed by atoms with Gasteiger partial charge in [0.05, 0.1) is 25.5 Å². The molecule has 0 bridgehead atoms. The summed E-state index contributed by atoms with van der Waals surface area (Å²) in [6.07, 6.45) is 2.61. The Hall–Kier alpha value is -3.00. The van der Waals surface area contributed by atoms with Crippen molar-refractivity contribution >= 4 is 17.8 Å². The average molecular weight is 382 g/mol. The second-order valence-electron chi connectivity index (χ2n) is 6.84. The van der Waals surface area contributed by atoms with Crippen LogP contribution in [0.15, 0.2) is 30.5 Å². The zero-order valence-electron chi connectivity index (χ0n) is 15.8. The number of anilines is 1. The minimum atomic E-state index is -0.387. The second kappa shape index (κ2) is 7.93. The molecule has 4 rings (SSSR count). The third-order valence-electron chi connectivity index (χ3n) is 4.88. The van der Waals surface area contributed by atoms with Crippen molar-refractivity contribution in [1.82, 2.24) is 14.9 Å². The van der Waals surface area contributed by atoms with E-state index in [9.17, 15) is 9.59 Å². The number of hydrogen-bond acceptors (Lipinski definition) is 7. The highest BCUT2D eigenvalue weighted by molar-refractivity contribution is 5.94. The Kier molecular flexibility index (Phi) is 5.21. The molecule has 3 heterocycles. The lowest BCUT2D eigenvalue weighted by Gasteiger charge is -2.30. The van der Waals surface area contributed by atoms with Crippen molar-refractivity contribution in [2.24, 2.45) is 0 Å². The molecule has 1 saturated heterocycles. The minimum absolute atomic E-state index is 0.0634. The first-order valence-corrected chi connectivity index (χ1v) is 9.35. The standard InChI is InChI=1S/C20H22N4O4/c1-14(25)28-17-4-2-15(3-5-17)19(26)24-7-6-16-12-21-20(22-18(16)13-24)23-8-10-27-11-9-23/h2-5,12H,6-11,13H2,1H3. The summed E-state index contributed by atoms with van der Waals surface area (Å²) >= 11 is 0. The van der Waals surface area contributed by atoms with Gasteiger partial charge < -0.3 is 19.3 Å². The third kappa shape index (κ3) is 3.96. The number of ether oxygens (including phenoxy) is 2. The second-order valence-corrected chi connectivity index (χ2v) is 6.84. The number of morpholine rings is 1. The van der Waals surface area contributed by atoms with Crippen LogP contribution in [-0.4, -0.2) is 59.6 Å². The van der Waals surface area contributed by atoms with Crippen molar-refractivity contribution in [2.45, 2.75) is 19.9 Å². The Morgan fingerprint density at radius 1 is 1.11 bits per heavy atom. The fourth-order valence-electron chi connectivity index (χ4n) is 3.40. The highest BCUT2D eigenvalue weighted by atomic mass is 16.5. The van der Waals surface area contributed by atoms with E-state index in [0.717, 1.165) is 30.8 Å². The highest BCUT2D eigenvalue weighted by Crippen LogP contribution is 2.22. The zero-order chi connectivity index (χ0) is 19.5. The first-order valence-electron chi connectivity index (χ1n) is 9.35. The first kappa shape index (κ1) is 18.4. The van der Waals surface area contributed by atoms with Crippen LogP contribution in [0.1, 0.15) is 28.5 Å². The molecule has 2 aliphatic heterocycles. The van der Waals surface area contributed by atoms with Gasteiger partial charge in [-0.25, -0.2) is 9.97 Å². The quantitative estimate of drug-likeness (QED) is 0.586. The van der Waals surface area contributed by atoms with Crippen molar-refractivity contribution in [3.8, 4) is 5.75 Å². The van der Waals surface area contributed by atoms with Crippen LogP contribution in [0.25, 0.3) is 0 Å². The Labute approximate surface area is 163 Å². The van der Waals surface area contributed by atoms with Gasteiger partial charge in [-0.05, 0) is 36.2 Å². The Balaban J connectivity index is 1.48. The predicted molar refractivity (Wildman–Crippen MR) is 101 cm³/mol. The van der Waals surface area contributed by atoms with Gasteiger partial charge in [0, 0.05) is 38.3 Å². The number of carbonyl (C=O) groups is 2. The van der Waals surface area contributed by atoms with E-state index in [-0.39, 0.29) is 11.9 Å². The maximum absolute atomic E-state index is 12.9. The topological polar surface area (TPSA) is 84.9 Å². The predicted octanol–water partition coefficient (Wildman–Crippen LogP) is 1.44. The molecular weight excluding hydrogens is 360 g/mol. The number of esters is 1. The van der Waals surface area contributed by atoms with Crippen molar-refractivity contribution in [1.29, 1.82) is 0 Å². The number of nitrogens with zero attached hydrogens (tertiary/aromatic N) is 4. The van der Waals surface area contributed by atoms with Crippen LogP contribution in [0.5, 0.6) is 5.75 Å². The van der Waals surface area contributed by atoms with E-state index in [1.54, 1.807) is 29.2 Å². The number of hydrogen-bond donors (Lipinski definition) is 0. The molecule has 28 heavy (non-hydrogen) atoms. The molecule has 1 fully saturated rings. The third-order valence-corrected chi connectivity index (χ3v) is 4.88. The summed E-state index contributed by atoms with van der Waals surface area (Å²) in [4.78, 5) is 37.0. The van der Waals surface area contributed by atoms with Crippen LogP contribution in [-0.2, 0) is 22.5 Å². The summed E-state index contributed by atoms with van der Waals surface area (Å²) in [5.41, 5.74) is 2.54. The first-order chi connectivity index (χ1) is 13.6. The zero-order valence-corrected chi connectivity index (χ0v) is 15.8. The molecule has 1 aromatic carbocycles. The average Bonchev–Trinajstić information content (AvgIpc) is 2.73. The molecule has 8 heteroatoms. The van der Waals surface area contributed by atoms with Gasteiger partial charge in [0.25, 0.3) is 5.91 Å². The van der Waals surface area contributed by atoms with Crippen LogP contribution in [0.3, 0.4) is 0 Å². The van der Waals surface area contributed by atoms with Crippen LogP contribution >= 0.6 is 0 Å². The number of carbonyl (C=O) groups excluding carboxylic acids is 2. The van der Waals surface area contributed by atoms with E-state index in [1.165, 1.54) is 6.92 Å².